The third-order valence-corrected chi connectivity index (χ3v) is 4.34. The third kappa shape index (κ3) is 3.89. The van der Waals surface area contributed by atoms with Crippen molar-refractivity contribution >= 4 is 5.91 Å². The first-order chi connectivity index (χ1) is 11.8. The van der Waals surface area contributed by atoms with Crippen LogP contribution < -0.4 is 10.1 Å². The van der Waals surface area contributed by atoms with Crippen molar-refractivity contribution in [1.82, 2.24) is 20.2 Å². The number of nitrogens with one attached hydrogen (secondary N) is 1. The fourth-order valence-corrected chi connectivity index (χ4v) is 3.09. The Labute approximate surface area is 141 Å². The molecule has 24 heavy (non-hydrogen) atoms. The van der Waals surface area contributed by atoms with Gasteiger partial charge in [-0.3, -0.25) is 9.69 Å². The van der Waals surface area contributed by atoms with Gasteiger partial charge in [0.15, 0.2) is 0 Å². The van der Waals surface area contributed by atoms with Crippen LogP contribution in [0.25, 0.3) is 0 Å². The lowest BCUT2D eigenvalue weighted by Crippen LogP contribution is -2.40. The molecule has 126 valence electrons. The Bertz CT molecular complexity index is 678. The molecule has 1 saturated heterocycles. The lowest BCUT2D eigenvalue weighted by Gasteiger charge is -2.24. The summed E-state index contributed by atoms with van der Waals surface area (Å²) in [6, 6.07) is 10.8. The molecule has 1 aromatic carbocycles. The Morgan fingerprint density at radius 2 is 2.21 bits per heavy atom. The minimum atomic E-state index is -0.195. The maximum Gasteiger partial charge on any atom is 0.258 e. The first kappa shape index (κ1) is 16.4. The molecule has 1 fully saturated rings. The van der Waals surface area contributed by atoms with Crippen LogP contribution >= 0.6 is 0 Å². The number of hydrogen-bond acceptors (Lipinski definition) is 5. The number of methoxy groups -OCH3 is 1. The number of carbonyl (C=O) groups is 1. The third-order valence-electron chi connectivity index (χ3n) is 4.34. The van der Waals surface area contributed by atoms with Crippen LogP contribution in [-0.4, -0.2) is 47.0 Å². The van der Waals surface area contributed by atoms with Gasteiger partial charge >= 0.3 is 0 Å². The standard InChI is InChI=1S/C18H22N4O2/c1-24-18-16(11-19-13-21-18)17(23)20-10-15-8-5-9-22(15)12-14-6-3-2-4-7-14/h2-4,6-7,11,13,15H,5,8-10,12H2,1H3,(H,20,23). The summed E-state index contributed by atoms with van der Waals surface area (Å²) < 4.78 is 5.12. The van der Waals surface area contributed by atoms with E-state index >= 15 is 0 Å². The number of benzene rings is 1. The average molecular weight is 326 g/mol. The van der Waals surface area contributed by atoms with Crippen LogP contribution in [0.5, 0.6) is 5.88 Å². The summed E-state index contributed by atoms with van der Waals surface area (Å²) in [6.45, 7) is 2.59. The molecular formula is C18H22N4O2. The van der Waals surface area contributed by atoms with Crippen molar-refractivity contribution in [3.63, 3.8) is 0 Å². The van der Waals surface area contributed by atoms with Crippen LogP contribution in [0.1, 0.15) is 28.8 Å². The number of rotatable bonds is 6. The molecule has 0 spiro atoms. The van der Waals surface area contributed by atoms with Gasteiger partial charge in [-0.25, -0.2) is 9.97 Å². The predicted molar refractivity (Wildman–Crippen MR) is 90.8 cm³/mol. The summed E-state index contributed by atoms with van der Waals surface area (Å²) in [5, 5.41) is 2.99. The highest BCUT2D eigenvalue weighted by Crippen LogP contribution is 2.20. The van der Waals surface area contributed by atoms with Gasteiger partial charge in [-0.1, -0.05) is 30.3 Å². The molecule has 1 atom stereocenters. The monoisotopic (exact) mass is 326 g/mol. The van der Waals surface area contributed by atoms with Crippen LogP contribution in [-0.2, 0) is 6.54 Å². The molecule has 2 aromatic rings. The lowest BCUT2D eigenvalue weighted by atomic mass is 10.1. The van der Waals surface area contributed by atoms with Crippen LogP contribution in [0.2, 0.25) is 0 Å². The fraction of sp³-hybridized carbons (Fsp3) is 0.389. The second kappa shape index (κ2) is 7.88. The first-order valence-corrected chi connectivity index (χ1v) is 8.18. The first-order valence-electron chi connectivity index (χ1n) is 8.18. The van der Waals surface area contributed by atoms with Gasteiger partial charge in [-0.2, -0.15) is 0 Å². The summed E-state index contributed by atoms with van der Waals surface area (Å²) in [6.07, 6.45) is 5.10. The summed E-state index contributed by atoms with van der Waals surface area (Å²) in [7, 11) is 1.50. The number of likely N-dealkylation sites (tertiary alicyclic amines) is 1. The van der Waals surface area contributed by atoms with E-state index in [9.17, 15) is 4.79 Å². The summed E-state index contributed by atoms with van der Waals surface area (Å²) >= 11 is 0. The van der Waals surface area contributed by atoms with E-state index in [2.05, 4.69) is 44.5 Å². The van der Waals surface area contributed by atoms with Gasteiger partial charge in [-0.05, 0) is 24.9 Å². The topological polar surface area (TPSA) is 67.3 Å². The van der Waals surface area contributed by atoms with Crippen molar-refractivity contribution in [2.75, 3.05) is 20.2 Å². The van der Waals surface area contributed by atoms with Crippen LogP contribution in [0.15, 0.2) is 42.9 Å². The van der Waals surface area contributed by atoms with E-state index in [1.807, 2.05) is 6.07 Å². The zero-order valence-corrected chi connectivity index (χ0v) is 13.8. The molecule has 0 radical (unpaired) electrons. The molecular weight excluding hydrogens is 304 g/mol. The number of amides is 1. The van der Waals surface area contributed by atoms with E-state index < -0.39 is 0 Å². The molecule has 0 aliphatic carbocycles. The molecule has 1 unspecified atom stereocenters. The number of hydrogen-bond donors (Lipinski definition) is 1. The van der Waals surface area contributed by atoms with Gasteiger partial charge in [0.25, 0.3) is 5.91 Å². The van der Waals surface area contributed by atoms with Gasteiger partial charge < -0.3 is 10.1 Å². The Kier molecular flexibility index (Phi) is 5.38. The van der Waals surface area contributed by atoms with E-state index in [4.69, 9.17) is 4.74 Å². The summed E-state index contributed by atoms with van der Waals surface area (Å²) in [4.78, 5) is 22.6. The van der Waals surface area contributed by atoms with Crippen molar-refractivity contribution in [3.8, 4) is 5.88 Å². The van der Waals surface area contributed by atoms with E-state index in [0.29, 0.717) is 24.0 Å². The highest BCUT2D eigenvalue weighted by atomic mass is 16.5. The molecule has 1 aromatic heterocycles. The molecule has 1 N–H and O–H groups in total. The second-order valence-electron chi connectivity index (χ2n) is 5.91. The molecule has 1 amide bonds. The smallest absolute Gasteiger partial charge is 0.258 e. The van der Waals surface area contributed by atoms with E-state index in [0.717, 1.165) is 25.9 Å². The molecule has 0 saturated carbocycles. The Morgan fingerprint density at radius 3 is 3.00 bits per heavy atom. The number of nitrogens with zero attached hydrogens (tertiary/aromatic N) is 3. The van der Waals surface area contributed by atoms with Crippen LogP contribution in [0, 0.1) is 0 Å². The molecule has 1 aliphatic rings. The lowest BCUT2D eigenvalue weighted by molar-refractivity contribution is 0.0935. The van der Waals surface area contributed by atoms with Crippen molar-refractivity contribution < 1.29 is 9.53 Å². The Hall–Kier alpha value is -2.47. The molecule has 6 heteroatoms. The van der Waals surface area contributed by atoms with Gasteiger partial charge in [0, 0.05) is 25.3 Å². The fourth-order valence-electron chi connectivity index (χ4n) is 3.09. The molecule has 3 rings (SSSR count). The highest BCUT2D eigenvalue weighted by molar-refractivity contribution is 5.96. The van der Waals surface area contributed by atoms with Gasteiger partial charge in [-0.15, -0.1) is 0 Å². The summed E-state index contributed by atoms with van der Waals surface area (Å²) in [5.74, 6) is 0.106. The van der Waals surface area contributed by atoms with Crippen molar-refractivity contribution in [2.45, 2.75) is 25.4 Å². The zero-order chi connectivity index (χ0) is 16.8. The van der Waals surface area contributed by atoms with Crippen LogP contribution in [0.4, 0.5) is 0 Å². The van der Waals surface area contributed by atoms with Gasteiger partial charge in [0.1, 0.15) is 11.9 Å². The second-order valence-corrected chi connectivity index (χ2v) is 5.91. The molecule has 6 nitrogen and oxygen atoms in total. The normalized spacial score (nSPS) is 17.6. The predicted octanol–water partition coefficient (Wildman–Crippen LogP) is 1.88. The van der Waals surface area contributed by atoms with Gasteiger partial charge in [0.2, 0.25) is 5.88 Å². The maximum atomic E-state index is 12.4. The number of ether oxygens (including phenoxy) is 1. The van der Waals surface area contributed by atoms with E-state index in [1.54, 1.807) is 0 Å². The van der Waals surface area contributed by atoms with Crippen LogP contribution in [0.3, 0.4) is 0 Å². The SMILES string of the molecule is COc1ncncc1C(=O)NCC1CCCN1Cc1ccccc1. The van der Waals surface area contributed by atoms with Crippen molar-refractivity contribution in [2.24, 2.45) is 0 Å². The molecule has 1 aliphatic heterocycles. The van der Waals surface area contributed by atoms with E-state index in [1.165, 1.54) is 25.2 Å². The Morgan fingerprint density at radius 1 is 1.38 bits per heavy atom. The quantitative estimate of drug-likeness (QED) is 0.878. The molecule has 2 heterocycles. The largest absolute Gasteiger partial charge is 0.480 e. The molecule has 0 bridgehead atoms. The van der Waals surface area contributed by atoms with Gasteiger partial charge in [0.05, 0.1) is 7.11 Å². The minimum Gasteiger partial charge on any atom is -0.480 e. The van der Waals surface area contributed by atoms with Crippen molar-refractivity contribution in [1.29, 1.82) is 0 Å². The highest BCUT2D eigenvalue weighted by Gasteiger charge is 2.25. The Balaban J connectivity index is 1.58. The number of carbonyl (C=O) groups excluding carboxylic acids is 1. The summed E-state index contributed by atoms with van der Waals surface area (Å²) in [5.41, 5.74) is 1.67. The number of aromatic nitrogens is 2. The van der Waals surface area contributed by atoms with E-state index in [-0.39, 0.29) is 5.91 Å². The average Bonchev–Trinajstić information content (AvgIpc) is 3.07. The maximum absolute atomic E-state index is 12.4. The zero-order valence-electron chi connectivity index (χ0n) is 13.8. The minimum absolute atomic E-state index is 0.195. The van der Waals surface area contributed by atoms with Crippen molar-refractivity contribution in [3.05, 3.63) is 54.0 Å².